The molecule has 0 unspecified atom stereocenters. The van der Waals surface area contributed by atoms with Gasteiger partial charge in [-0.15, -0.1) is 0 Å². The van der Waals surface area contributed by atoms with Gasteiger partial charge >= 0.3 is 0 Å². The van der Waals surface area contributed by atoms with Gasteiger partial charge in [0.25, 0.3) is 5.91 Å². The van der Waals surface area contributed by atoms with Gasteiger partial charge in [0.1, 0.15) is 11.5 Å². The third-order valence-electron chi connectivity index (χ3n) is 6.62. The van der Waals surface area contributed by atoms with E-state index in [2.05, 4.69) is 70.6 Å². The number of amides is 1. The Bertz CT molecular complexity index is 1080. The first-order valence-electron chi connectivity index (χ1n) is 11.8. The third-order valence-corrected chi connectivity index (χ3v) is 6.62. The van der Waals surface area contributed by atoms with Gasteiger partial charge in [0, 0.05) is 57.5 Å². The number of nitrogens with one attached hydrogen (secondary N) is 1. The lowest BCUT2D eigenvalue weighted by molar-refractivity contribution is 0.0741. The van der Waals surface area contributed by atoms with E-state index >= 15 is 0 Å². The molecule has 5 rings (SSSR count). The number of nitrogens with zero attached hydrogens (tertiary/aromatic N) is 4. The summed E-state index contributed by atoms with van der Waals surface area (Å²) in [6.45, 7) is 7.80. The van der Waals surface area contributed by atoms with Gasteiger partial charge in [-0.3, -0.25) is 4.79 Å². The number of aryl methyl sites for hydroxylation is 1. The fraction of sp³-hybridized carbons (Fsp3) is 0.333. The van der Waals surface area contributed by atoms with Crippen LogP contribution in [0.2, 0.25) is 0 Å². The first-order chi connectivity index (χ1) is 16.2. The second kappa shape index (κ2) is 9.63. The predicted molar refractivity (Wildman–Crippen MR) is 133 cm³/mol. The molecule has 1 N–H and O–H groups in total. The van der Waals surface area contributed by atoms with Gasteiger partial charge in [0.05, 0.1) is 0 Å². The molecular weight excluding hydrogens is 410 g/mol. The van der Waals surface area contributed by atoms with E-state index in [1.165, 1.54) is 16.8 Å². The summed E-state index contributed by atoms with van der Waals surface area (Å²) in [4.78, 5) is 24.6. The number of pyridine rings is 1. The van der Waals surface area contributed by atoms with Crippen LogP contribution in [0.5, 0.6) is 0 Å². The number of carbonyl (C=O) groups is 1. The standard InChI is InChI=1S/C27H31N5O/c1-21-10-12-23(13-11-21)30-16-18-31(19-17-30)27(33)24-8-5-9-26(29-24)32-15-14-28-25(20-32)22-6-3-2-4-7-22/h2-13,25,28H,14-20H2,1H3/t25-/m1/s1. The quantitative estimate of drug-likeness (QED) is 0.672. The summed E-state index contributed by atoms with van der Waals surface area (Å²) >= 11 is 0. The Morgan fingerprint density at radius 2 is 1.61 bits per heavy atom. The summed E-state index contributed by atoms with van der Waals surface area (Å²) in [7, 11) is 0. The van der Waals surface area contributed by atoms with Crippen LogP contribution in [0.1, 0.15) is 27.7 Å². The maximum Gasteiger partial charge on any atom is 0.272 e. The van der Waals surface area contributed by atoms with E-state index in [9.17, 15) is 4.79 Å². The summed E-state index contributed by atoms with van der Waals surface area (Å²) in [6.07, 6.45) is 0. The smallest absolute Gasteiger partial charge is 0.272 e. The van der Waals surface area contributed by atoms with Crippen LogP contribution in [0.3, 0.4) is 0 Å². The fourth-order valence-corrected chi connectivity index (χ4v) is 4.67. The molecular formula is C27H31N5O. The van der Waals surface area contributed by atoms with Crippen molar-refractivity contribution in [2.75, 3.05) is 55.6 Å². The minimum Gasteiger partial charge on any atom is -0.368 e. The van der Waals surface area contributed by atoms with Gasteiger partial charge in [0.15, 0.2) is 0 Å². The van der Waals surface area contributed by atoms with Crippen LogP contribution in [0.4, 0.5) is 11.5 Å². The van der Waals surface area contributed by atoms with Gasteiger partial charge in [-0.2, -0.15) is 0 Å². The number of piperazine rings is 2. The molecule has 3 aromatic rings. The summed E-state index contributed by atoms with van der Waals surface area (Å²) in [6, 6.07) is 25.2. The maximum atomic E-state index is 13.2. The van der Waals surface area contributed by atoms with Crippen LogP contribution in [0.15, 0.2) is 72.8 Å². The Balaban J connectivity index is 1.23. The Hall–Kier alpha value is -3.38. The Morgan fingerprint density at radius 1 is 0.848 bits per heavy atom. The molecule has 0 aliphatic carbocycles. The number of carbonyl (C=O) groups excluding carboxylic acids is 1. The zero-order valence-corrected chi connectivity index (χ0v) is 19.2. The average Bonchev–Trinajstić information content (AvgIpc) is 2.89. The minimum absolute atomic E-state index is 0.0233. The largest absolute Gasteiger partial charge is 0.368 e. The van der Waals surface area contributed by atoms with Crippen LogP contribution >= 0.6 is 0 Å². The van der Waals surface area contributed by atoms with Crippen molar-refractivity contribution >= 4 is 17.4 Å². The number of anilines is 2. The van der Waals surface area contributed by atoms with Crippen molar-refractivity contribution in [1.29, 1.82) is 0 Å². The SMILES string of the molecule is Cc1ccc(N2CCN(C(=O)c3cccc(N4CCN[C@@H](c5ccccc5)C4)n3)CC2)cc1. The van der Waals surface area contributed by atoms with E-state index in [1.807, 2.05) is 29.2 Å². The monoisotopic (exact) mass is 441 g/mol. The molecule has 0 spiro atoms. The Labute approximate surface area is 195 Å². The molecule has 1 atom stereocenters. The summed E-state index contributed by atoms with van der Waals surface area (Å²) in [5.74, 6) is 0.900. The molecule has 3 heterocycles. The van der Waals surface area contributed by atoms with Crippen LogP contribution in [-0.4, -0.2) is 61.6 Å². The highest BCUT2D eigenvalue weighted by molar-refractivity contribution is 5.93. The molecule has 1 aromatic heterocycles. The number of aromatic nitrogens is 1. The average molecular weight is 442 g/mol. The van der Waals surface area contributed by atoms with E-state index in [4.69, 9.17) is 4.98 Å². The molecule has 1 amide bonds. The summed E-state index contributed by atoms with van der Waals surface area (Å²) < 4.78 is 0. The lowest BCUT2D eigenvalue weighted by Crippen LogP contribution is -2.49. The summed E-state index contributed by atoms with van der Waals surface area (Å²) in [5.41, 5.74) is 4.30. The van der Waals surface area contributed by atoms with Gasteiger partial charge in [-0.05, 0) is 36.8 Å². The van der Waals surface area contributed by atoms with Gasteiger partial charge in [0.2, 0.25) is 0 Å². The molecule has 2 aromatic carbocycles. The third kappa shape index (κ3) is 4.86. The van der Waals surface area contributed by atoms with Crippen LogP contribution in [0.25, 0.3) is 0 Å². The van der Waals surface area contributed by atoms with Gasteiger partial charge < -0.3 is 20.0 Å². The molecule has 6 nitrogen and oxygen atoms in total. The van der Waals surface area contributed by atoms with Crippen molar-refractivity contribution in [3.8, 4) is 0 Å². The van der Waals surface area contributed by atoms with Crippen molar-refractivity contribution in [3.63, 3.8) is 0 Å². The topological polar surface area (TPSA) is 51.7 Å². The molecule has 33 heavy (non-hydrogen) atoms. The molecule has 2 fully saturated rings. The van der Waals surface area contributed by atoms with E-state index in [1.54, 1.807) is 0 Å². The lowest BCUT2D eigenvalue weighted by Gasteiger charge is -2.36. The van der Waals surface area contributed by atoms with Crippen LogP contribution < -0.4 is 15.1 Å². The highest BCUT2D eigenvalue weighted by atomic mass is 16.2. The van der Waals surface area contributed by atoms with Crippen molar-refractivity contribution in [2.24, 2.45) is 0 Å². The molecule has 0 saturated carbocycles. The highest BCUT2D eigenvalue weighted by Crippen LogP contribution is 2.22. The van der Waals surface area contributed by atoms with E-state index in [-0.39, 0.29) is 11.9 Å². The van der Waals surface area contributed by atoms with Gasteiger partial charge in [-0.25, -0.2) is 4.98 Å². The molecule has 0 radical (unpaired) electrons. The Kier molecular flexibility index (Phi) is 6.26. The van der Waals surface area contributed by atoms with Crippen molar-refractivity contribution < 1.29 is 4.79 Å². The first kappa shape index (κ1) is 21.5. The number of benzene rings is 2. The maximum absolute atomic E-state index is 13.2. The first-order valence-corrected chi connectivity index (χ1v) is 11.8. The highest BCUT2D eigenvalue weighted by Gasteiger charge is 2.25. The number of rotatable bonds is 4. The van der Waals surface area contributed by atoms with Gasteiger partial charge in [-0.1, -0.05) is 54.1 Å². The van der Waals surface area contributed by atoms with Crippen molar-refractivity contribution in [3.05, 3.63) is 89.6 Å². The summed E-state index contributed by atoms with van der Waals surface area (Å²) in [5, 5.41) is 3.60. The molecule has 2 aliphatic heterocycles. The van der Waals surface area contributed by atoms with E-state index in [0.29, 0.717) is 18.8 Å². The number of hydrogen-bond donors (Lipinski definition) is 1. The molecule has 2 aliphatic rings. The zero-order chi connectivity index (χ0) is 22.6. The molecule has 2 saturated heterocycles. The molecule has 6 heteroatoms. The lowest BCUT2D eigenvalue weighted by atomic mass is 10.0. The predicted octanol–water partition coefficient (Wildman–Crippen LogP) is 3.50. The molecule has 0 bridgehead atoms. The van der Waals surface area contributed by atoms with E-state index < -0.39 is 0 Å². The number of hydrogen-bond acceptors (Lipinski definition) is 5. The fourth-order valence-electron chi connectivity index (χ4n) is 4.67. The van der Waals surface area contributed by atoms with Crippen LogP contribution in [-0.2, 0) is 0 Å². The molecule has 170 valence electrons. The minimum atomic E-state index is 0.0233. The normalized spacial score (nSPS) is 18.9. The zero-order valence-electron chi connectivity index (χ0n) is 19.2. The Morgan fingerprint density at radius 3 is 2.36 bits per heavy atom. The second-order valence-corrected chi connectivity index (χ2v) is 8.86. The van der Waals surface area contributed by atoms with Crippen molar-refractivity contribution in [2.45, 2.75) is 13.0 Å². The van der Waals surface area contributed by atoms with E-state index in [0.717, 1.165) is 38.5 Å². The van der Waals surface area contributed by atoms with Crippen LogP contribution in [0, 0.1) is 6.92 Å². The second-order valence-electron chi connectivity index (χ2n) is 8.86. The van der Waals surface area contributed by atoms with Crippen molar-refractivity contribution in [1.82, 2.24) is 15.2 Å².